The maximum atomic E-state index is 13.0. The Morgan fingerprint density at radius 3 is 2.67 bits per heavy atom. The fourth-order valence-corrected chi connectivity index (χ4v) is 4.94. The second kappa shape index (κ2) is 6.28. The lowest BCUT2D eigenvalue weighted by Gasteiger charge is -2.34. The van der Waals surface area contributed by atoms with Gasteiger partial charge in [0.05, 0.1) is 4.90 Å². The first-order chi connectivity index (χ1) is 9.82. The van der Waals surface area contributed by atoms with Gasteiger partial charge in [0, 0.05) is 19.0 Å². The molecule has 1 aromatic carbocycles. The van der Waals surface area contributed by atoms with E-state index >= 15 is 0 Å². The Kier molecular flexibility index (Phi) is 4.84. The van der Waals surface area contributed by atoms with Crippen molar-refractivity contribution in [1.82, 2.24) is 4.31 Å². The van der Waals surface area contributed by atoms with Crippen LogP contribution in [0.15, 0.2) is 23.1 Å². The van der Waals surface area contributed by atoms with Crippen LogP contribution < -0.4 is 0 Å². The highest BCUT2D eigenvalue weighted by Gasteiger charge is 2.34. The maximum Gasteiger partial charge on any atom is 0.243 e. The Balaban J connectivity index is 2.40. The largest absolute Gasteiger partial charge is 0.300 e. The number of carbonyl (C=O) groups excluding carboxylic acids is 1. The van der Waals surface area contributed by atoms with Gasteiger partial charge in [-0.15, -0.1) is 0 Å². The predicted molar refractivity (Wildman–Crippen MR) is 82.7 cm³/mol. The molecule has 1 aliphatic rings. The minimum absolute atomic E-state index is 0.0445. The van der Waals surface area contributed by atoms with Crippen molar-refractivity contribution in [3.63, 3.8) is 0 Å². The molecule has 1 saturated heterocycles. The number of sulfonamides is 1. The summed E-state index contributed by atoms with van der Waals surface area (Å²) in [7, 11) is -3.53. The number of hydrogen-bond donors (Lipinski definition) is 0. The van der Waals surface area contributed by atoms with Crippen LogP contribution in [0.2, 0.25) is 0 Å². The molecule has 0 N–H and O–H groups in total. The van der Waals surface area contributed by atoms with E-state index in [-0.39, 0.29) is 11.8 Å². The molecular weight excluding hydrogens is 286 g/mol. The molecule has 1 aliphatic heterocycles. The van der Waals surface area contributed by atoms with Gasteiger partial charge in [-0.3, -0.25) is 4.79 Å². The number of ketones is 1. The van der Waals surface area contributed by atoms with Crippen LogP contribution in [-0.4, -0.2) is 31.1 Å². The van der Waals surface area contributed by atoms with Crippen LogP contribution >= 0.6 is 0 Å². The van der Waals surface area contributed by atoms with Crippen molar-refractivity contribution in [3.05, 3.63) is 29.3 Å². The van der Waals surface area contributed by atoms with Crippen molar-refractivity contribution in [1.29, 1.82) is 0 Å². The molecular formula is C16H23NO3S. The lowest BCUT2D eigenvalue weighted by molar-refractivity contribution is -0.118. The number of rotatable bonds is 4. The lowest BCUT2D eigenvalue weighted by Crippen LogP contribution is -2.44. The molecule has 2 rings (SSSR count). The summed E-state index contributed by atoms with van der Waals surface area (Å²) in [4.78, 5) is 11.8. The number of piperidine rings is 1. The first-order valence-corrected chi connectivity index (χ1v) is 8.85. The van der Waals surface area contributed by atoms with Gasteiger partial charge in [0.15, 0.2) is 0 Å². The van der Waals surface area contributed by atoms with Gasteiger partial charge in [-0.2, -0.15) is 4.31 Å². The third kappa shape index (κ3) is 3.52. The normalized spacial score (nSPS) is 20.4. The minimum atomic E-state index is -3.53. The van der Waals surface area contributed by atoms with E-state index < -0.39 is 10.0 Å². The third-order valence-corrected chi connectivity index (χ3v) is 6.12. The Morgan fingerprint density at radius 2 is 2.00 bits per heavy atom. The predicted octanol–water partition coefficient (Wildman–Crippen LogP) is 2.83. The average molecular weight is 309 g/mol. The fourth-order valence-electron chi connectivity index (χ4n) is 2.94. The highest BCUT2D eigenvalue weighted by Crippen LogP contribution is 2.29. The van der Waals surface area contributed by atoms with Gasteiger partial charge in [0.25, 0.3) is 0 Å². The zero-order chi connectivity index (χ0) is 15.6. The van der Waals surface area contributed by atoms with Crippen LogP contribution in [0.25, 0.3) is 0 Å². The number of benzene rings is 1. The zero-order valence-corrected chi connectivity index (χ0v) is 13.7. The summed E-state index contributed by atoms with van der Waals surface area (Å²) in [6.45, 7) is 5.74. The number of Topliss-reactive ketones (excluding diaryl/α,β-unsaturated/α-hetero) is 1. The third-order valence-electron chi connectivity index (χ3n) is 4.03. The van der Waals surface area contributed by atoms with Crippen molar-refractivity contribution in [2.75, 3.05) is 6.54 Å². The molecule has 116 valence electrons. The van der Waals surface area contributed by atoms with Gasteiger partial charge < -0.3 is 0 Å². The van der Waals surface area contributed by atoms with E-state index in [1.165, 1.54) is 6.92 Å². The molecule has 21 heavy (non-hydrogen) atoms. The average Bonchev–Trinajstić information content (AvgIpc) is 2.41. The molecule has 0 amide bonds. The van der Waals surface area contributed by atoms with Crippen LogP contribution in [0.5, 0.6) is 0 Å². The standard InChI is InChI=1S/C16H23NO3S/c1-12-7-8-13(2)16(10-12)21(19,20)17-9-5-4-6-15(17)11-14(3)18/h7-8,10,15H,4-6,9,11H2,1-3H3. The summed E-state index contributed by atoms with van der Waals surface area (Å²) >= 11 is 0. The van der Waals surface area contributed by atoms with Crippen molar-refractivity contribution in [2.45, 2.75) is 57.4 Å². The van der Waals surface area contributed by atoms with E-state index in [0.29, 0.717) is 17.9 Å². The number of carbonyl (C=O) groups is 1. The van der Waals surface area contributed by atoms with E-state index in [4.69, 9.17) is 0 Å². The van der Waals surface area contributed by atoms with E-state index in [9.17, 15) is 13.2 Å². The molecule has 1 unspecified atom stereocenters. The van der Waals surface area contributed by atoms with Gasteiger partial charge in [-0.25, -0.2) is 8.42 Å². The molecule has 1 aromatic rings. The Hall–Kier alpha value is -1.20. The van der Waals surface area contributed by atoms with Gasteiger partial charge in [0.1, 0.15) is 5.78 Å². The maximum absolute atomic E-state index is 13.0. The van der Waals surface area contributed by atoms with Crippen LogP contribution in [0, 0.1) is 13.8 Å². The Morgan fingerprint density at radius 1 is 1.29 bits per heavy atom. The first-order valence-electron chi connectivity index (χ1n) is 7.41. The minimum Gasteiger partial charge on any atom is -0.300 e. The SMILES string of the molecule is CC(=O)CC1CCCCN1S(=O)(=O)c1cc(C)ccc1C. The number of aryl methyl sites for hydroxylation is 2. The second-order valence-electron chi connectivity index (χ2n) is 5.94. The molecule has 0 radical (unpaired) electrons. The van der Waals surface area contributed by atoms with Crippen LogP contribution in [0.1, 0.15) is 43.7 Å². The summed E-state index contributed by atoms with van der Waals surface area (Å²) in [6, 6.07) is 5.29. The molecule has 5 heteroatoms. The van der Waals surface area contributed by atoms with Crippen molar-refractivity contribution >= 4 is 15.8 Å². The van der Waals surface area contributed by atoms with E-state index in [2.05, 4.69) is 0 Å². The highest BCUT2D eigenvalue weighted by atomic mass is 32.2. The van der Waals surface area contributed by atoms with Crippen LogP contribution in [-0.2, 0) is 14.8 Å². The molecule has 1 atom stereocenters. The van der Waals surface area contributed by atoms with Gasteiger partial charge >= 0.3 is 0 Å². The van der Waals surface area contributed by atoms with E-state index in [1.54, 1.807) is 10.4 Å². The van der Waals surface area contributed by atoms with Crippen LogP contribution in [0.3, 0.4) is 0 Å². The first kappa shape index (κ1) is 16.2. The molecule has 0 spiro atoms. The Bertz CT molecular complexity index is 637. The van der Waals surface area contributed by atoms with Crippen molar-refractivity contribution in [2.24, 2.45) is 0 Å². The summed E-state index contributed by atoms with van der Waals surface area (Å²) in [5.74, 6) is 0.0445. The summed E-state index contributed by atoms with van der Waals surface area (Å²) in [6.07, 6.45) is 2.92. The number of nitrogens with zero attached hydrogens (tertiary/aromatic N) is 1. The lowest BCUT2D eigenvalue weighted by atomic mass is 10.0. The second-order valence-corrected chi connectivity index (χ2v) is 7.80. The quantitative estimate of drug-likeness (QED) is 0.859. The molecule has 0 saturated carbocycles. The van der Waals surface area contributed by atoms with Crippen molar-refractivity contribution in [3.8, 4) is 0 Å². The smallest absolute Gasteiger partial charge is 0.243 e. The molecule has 1 fully saturated rings. The van der Waals surface area contributed by atoms with E-state index in [0.717, 1.165) is 30.4 Å². The summed E-state index contributed by atoms with van der Waals surface area (Å²) < 4.78 is 27.5. The monoisotopic (exact) mass is 309 g/mol. The summed E-state index contributed by atoms with van der Waals surface area (Å²) in [5.41, 5.74) is 1.69. The molecule has 0 aliphatic carbocycles. The molecule has 0 aromatic heterocycles. The Labute approximate surface area is 127 Å². The van der Waals surface area contributed by atoms with E-state index in [1.807, 2.05) is 26.0 Å². The van der Waals surface area contributed by atoms with Crippen LogP contribution in [0.4, 0.5) is 0 Å². The number of hydrogen-bond acceptors (Lipinski definition) is 3. The van der Waals surface area contributed by atoms with Crippen molar-refractivity contribution < 1.29 is 13.2 Å². The molecule has 4 nitrogen and oxygen atoms in total. The fraction of sp³-hybridized carbons (Fsp3) is 0.562. The molecule has 1 heterocycles. The topological polar surface area (TPSA) is 54.5 Å². The van der Waals surface area contributed by atoms with Gasteiger partial charge in [-0.05, 0) is 50.8 Å². The molecule has 0 bridgehead atoms. The summed E-state index contributed by atoms with van der Waals surface area (Å²) in [5, 5.41) is 0. The van der Waals surface area contributed by atoms with Gasteiger partial charge in [-0.1, -0.05) is 18.6 Å². The van der Waals surface area contributed by atoms with Gasteiger partial charge in [0.2, 0.25) is 10.0 Å². The zero-order valence-electron chi connectivity index (χ0n) is 12.9. The highest BCUT2D eigenvalue weighted by molar-refractivity contribution is 7.89.